The van der Waals surface area contributed by atoms with Gasteiger partial charge in [-0.3, -0.25) is 4.90 Å². The number of likely N-dealkylation sites (tertiary alicyclic amines) is 1. The van der Waals surface area contributed by atoms with Gasteiger partial charge in [-0.15, -0.1) is 0 Å². The van der Waals surface area contributed by atoms with E-state index in [2.05, 4.69) is 79.3 Å². The van der Waals surface area contributed by atoms with E-state index in [1.165, 1.54) is 24.1 Å². The Hall–Kier alpha value is -2.31. The van der Waals surface area contributed by atoms with Gasteiger partial charge in [-0.1, -0.05) is 54.2 Å². The first-order valence-corrected chi connectivity index (χ1v) is 12.4. The molecule has 1 aromatic carbocycles. The zero-order chi connectivity index (χ0) is 23.1. The Morgan fingerprint density at radius 3 is 2.94 bits per heavy atom. The minimum Gasteiger partial charge on any atom is -0.489 e. The standard InChI is InChI=1S/C26H38N4OS/c1-6-21(31-22-12-9-15-30(7-2)18-22)13-14-26(4,5)29-25-28-24(27)23(32-25)17-20-11-8-10-19(3)16-20/h6,8,10-11,13-14,16,22H,7,9,12,15,17-18,27H2,1-5H3,(H,28,29)/b14-13-,21-6+. The van der Waals surface area contributed by atoms with Gasteiger partial charge in [0.05, 0.1) is 10.4 Å². The summed E-state index contributed by atoms with van der Waals surface area (Å²) in [6.45, 7) is 13.9. The van der Waals surface area contributed by atoms with Crippen molar-refractivity contribution >= 4 is 22.3 Å². The number of aromatic nitrogens is 1. The molecule has 174 valence electrons. The highest BCUT2D eigenvalue weighted by Crippen LogP contribution is 2.30. The monoisotopic (exact) mass is 454 g/mol. The normalized spacial score (nSPS) is 18.3. The number of aryl methyl sites for hydroxylation is 1. The van der Waals surface area contributed by atoms with E-state index in [9.17, 15) is 0 Å². The second-order valence-electron chi connectivity index (χ2n) is 9.14. The van der Waals surface area contributed by atoms with Crippen LogP contribution >= 0.6 is 11.3 Å². The summed E-state index contributed by atoms with van der Waals surface area (Å²) in [6.07, 6.45) is 9.63. The number of likely N-dealkylation sites (N-methyl/N-ethyl adjacent to an activating group) is 1. The molecule has 1 saturated heterocycles. The molecule has 1 unspecified atom stereocenters. The molecule has 3 N–H and O–H groups in total. The number of nitrogens with one attached hydrogen (secondary N) is 1. The predicted octanol–water partition coefficient (Wildman–Crippen LogP) is 5.78. The van der Waals surface area contributed by atoms with Gasteiger partial charge < -0.3 is 15.8 Å². The minimum atomic E-state index is -0.287. The molecule has 1 fully saturated rings. The Morgan fingerprint density at radius 1 is 1.41 bits per heavy atom. The molecule has 3 rings (SSSR count). The molecule has 0 spiro atoms. The van der Waals surface area contributed by atoms with Crippen molar-refractivity contribution in [3.05, 3.63) is 64.3 Å². The second kappa shape index (κ2) is 11.0. The van der Waals surface area contributed by atoms with Crippen LogP contribution in [0.1, 0.15) is 56.5 Å². The SMILES string of the molecule is C/C=C(\C=C/C(C)(C)Nc1nc(N)c(Cc2cccc(C)c2)s1)OC1CCCN(CC)C1. The van der Waals surface area contributed by atoms with E-state index in [0.717, 1.165) is 41.7 Å². The predicted molar refractivity (Wildman–Crippen MR) is 137 cm³/mol. The quantitative estimate of drug-likeness (QED) is 0.372. The van der Waals surface area contributed by atoms with Crippen molar-refractivity contribution < 1.29 is 4.74 Å². The number of anilines is 2. The smallest absolute Gasteiger partial charge is 0.185 e. The van der Waals surface area contributed by atoms with E-state index < -0.39 is 0 Å². The van der Waals surface area contributed by atoms with Crippen LogP contribution in [0.15, 0.2) is 48.3 Å². The van der Waals surface area contributed by atoms with E-state index in [0.29, 0.717) is 5.82 Å². The lowest BCUT2D eigenvalue weighted by atomic mass is 10.0. The zero-order valence-corrected chi connectivity index (χ0v) is 21.0. The molecule has 5 nitrogen and oxygen atoms in total. The fourth-order valence-electron chi connectivity index (χ4n) is 3.95. The Kier molecular flexibility index (Phi) is 8.38. The first-order chi connectivity index (χ1) is 15.3. The molecule has 0 saturated carbocycles. The van der Waals surface area contributed by atoms with Crippen LogP contribution in [0.2, 0.25) is 0 Å². The van der Waals surface area contributed by atoms with E-state index in [4.69, 9.17) is 10.5 Å². The van der Waals surface area contributed by atoms with Crippen LogP contribution in [0, 0.1) is 6.92 Å². The molecule has 0 aliphatic carbocycles. The summed E-state index contributed by atoms with van der Waals surface area (Å²) >= 11 is 1.63. The number of allylic oxidation sites excluding steroid dienone is 2. The van der Waals surface area contributed by atoms with Crippen LogP contribution in [0.25, 0.3) is 0 Å². The average molecular weight is 455 g/mol. The highest BCUT2D eigenvalue weighted by molar-refractivity contribution is 7.16. The van der Waals surface area contributed by atoms with Gasteiger partial charge in [0.2, 0.25) is 0 Å². The fourth-order valence-corrected chi connectivity index (χ4v) is 5.03. The number of ether oxygens (including phenoxy) is 1. The largest absolute Gasteiger partial charge is 0.489 e. The summed E-state index contributed by atoms with van der Waals surface area (Å²) in [5, 5.41) is 4.37. The first-order valence-electron chi connectivity index (χ1n) is 11.6. The van der Waals surface area contributed by atoms with Gasteiger partial charge >= 0.3 is 0 Å². The van der Waals surface area contributed by atoms with Crippen LogP contribution in [0.3, 0.4) is 0 Å². The number of hydrogen-bond donors (Lipinski definition) is 2. The summed E-state index contributed by atoms with van der Waals surface area (Å²) < 4.78 is 6.29. The van der Waals surface area contributed by atoms with Crippen LogP contribution in [0.4, 0.5) is 10.9 Å². The first kappa shape index (κ1) is 24.3. The molecular formula is C26H38N4OS. The number of hydrogen-bond acceptors (Lipinski definition) is 6. The Bertz CT molecular complexity index is 947. The maximum Gasteiger partial charge on any atom is 0.185 e. The Morgan fingerprint density at radius 2 is 2.22 bits per heavy atom. The van der Waals surface area contributed by atoms with Gasteiger partial charge in [0.25, 0.3) is 0 Å². The molecule has 1 aromatic heterocycles. The van der Waals surface area contributed by atoms with Crippen molar-refractivity contribution in [2.75, 3.05) is 30.7 Å². The van der Waals surface area contributed by atoms with E-state index in [1.54, 1.807) is 11.3 Å². The van der Waals surface area contributed by atoms with Crippen molar-refractivity contribution in [2.24, 2.45) is 0 Å². The summed E-state index contributed by atoms with van der Waals surface area (Å²) in [5.41, 5.74) is 8.45. The minimum absolute atomic E-state index is 0.263. The van der Waals surface area contributed by atoms with Gasteiger partial charge in [-0.05, 0) is 71.3 Å². The van der Waals surface area contributed by atoms with Gasteiger partial charge in [0.15, 0.2) is 5.13 Å². The molecular weight excluding hydrogens is 416 g/mol. The Labute approximate surface area is 197 Å². The molecule has 2 heterocycles. The number of nitrogens with two attached hydrogens (primary N) is 1. The summed E-state index contributed by atoms with van der Waals surface area (Å²) in [4.78, 5) is 8.12. The molecule has 0 amide bonds. The third-order valence-corrected chi connectivity index (χ3v) is 6.75. The molecule has 32 heavy (non-hydrogen) atoms. The maximum atomic E-state index is 6.29. The number of nitrogen functional groups attached to an aromatic ring is 1. The Balaban J connectivity index is 1.60. The molecule has 0 radical (unpaired) electrons. The topological polar surface area (TPSA) is 63.4 Å². The van der Waals surface area contributed by atoms with E-state index in [-0.39, 0.29) is 11.6 Å². The summed E-state index contributed by atoms with van der Waals surface area (Å²) in [6, 6.07) is 8.53. The fraction of sp³-hybridized carbons (Fsp3) is 0.500. The van der Waals surface area contributed by atoms with Crippen molar-refractivity contribution in [1.29, 1.82) is 0 Å². The molecule has 1 aliphatic heterocycles. The maximum absolute atomic E-state index is 6.29. The van der Waals surface area contributed by atoms with Gasteiger partial charge in [-0.25, -0.2) is 4.98 Å². The van der Waals surface area contributed by atoms with Gasteiger partial charge in [-0.2, -0.15) is 0 Å². The van der Waals surface area contributed by atoms with Gasteiger partial charge in [0.1, 0.15) is 17.7 Å². The lowest BCUT2D eigenvalue weighted by Gasteiger charge is -2.32. The van der Waals surface area contributed by atoms with Crippen molar-refractivity contribution in [3.8, 4) is 0 Å². The summed E-state index contributed by atoms with van der Waals surface area (Å²) in [7, 11) is 0. The second-order valence-corrected chi connectivity index (χ2v) is 10.2. The molecule has 1 atom stereocenters. The molecule has 0 bridgehead atoms. The third kappa shape index (κ3) is 7.10. The third-order valence-electron chi connectivity index (χ3n) is 5.76. The lowest BCUT2D eigenvalue weighted by molar-refractivity contribution is 0.0474. The number of rotatable bonds is 9. The average Bonchev–Trinajstić information content (AvgIpc) is 3.09. The highest BCUT2D eigenvalue weighted by Gasteiger charge is 2.21. The van der Waals surface area contributed by atoms with E-state index in [1.807, 2.05) is 13.0 Å². The van der Waals surface area contributed by atoms with E-state index >= 15 is 0 Å². The summed E-state index contributed by atoms with van der Waals surface area (Å²) in [5.74, 6) is 1.52. The van der Waals surface area contributed by atoms with Crippen molar-refractivity contribution in [2.45, 2.75) is 65.5 Å². The van der Waals surface area contributed by atoms with Crippen molar-refractivity contribution in [1.82, 2.24) is 9.88 Å². The van der Waals surface area contributed by atoms with Crippen LogP contribution in [0.5, 0.6) is 0 Å². The number of benzene rings is 1. The number of nitrogens with zero attached hydrogens (tertiary/aromatic N) is 2. The number of piperidine rings is 1. The van der Waals surface area contributed by atoms with Crippen LogP contribution in [-0.4, -0.2) is 41.2 Å². The lowest BCUT2D eigenvalue weighted by Crippen LogP contribution is -2.39. The highest BCUT2D eigenvalue weighted by atomic mass is 32.1. The van der Waals surface area contributed by atoms with Crippen LogP contribution in [-0.2, 0) is 11.2 Å². The molecule has 2 aromatic rings. The molecule has 1 aliphatic rings. The van der Waals surface area contributed by atoms with Gasteiger partial charge in [0, 0.05) is 13.0 Å². The van der Waals surface area contributed by atoms with Crippen LogP contribution < -0.4 is 11.1 Å². The molecule has 6 heteroatoms. The number of thiazole rings is 1. The van der Waals surface area contributed by atoms with Crippen molar-refractivity contribution in [3.63, 3.8) is 0 Å². The zero-order valence-electron chi connectivity index (χ0n) is 20.1.